The third kappa shape index (κ3) is 8.82. The molecule has 150 valence electrons. The minimum Gasteiger partial charge on any atom is -0.372 e. The molecule has 2 N–H and O–H groups in total. The lowest BCUT2D eigenvalue weighted by Gasteiger charge is -2.10. The normalized spacial score (nSPS) is 10.5. The molecule has 0 saturated heterocycles. The summed E-state index contributed by atoms with van der Waals surface area (Å²) in [5, 5.41) is 5.64. The van der Waals surface area contributed by atoms with Gasteiger partial charge in [0, 0.05) is 25.8 Å². The molecule has 0 aliphatic heterocycles. The van der Waals surface area contributed by atoms with Gasteiger partial charge in [0.15, 0.2) is 0 Å². The number of aryl methyl sites for hydroxylation is 2. The van der Waals surface area contributed by atoms with E-state index < -0.39 is 0 Å². The molecule has 2 aromatic carbocycles. The van der Waals surface area contributed by atoms with Gasteiger partial charge in [-0.15, -0.1) is 0 Å². The lowest BCUT2D eigenvalue weighted by molar-refractivity contribution is -0.120. The summed E-state index contributed by atoms with van der Waals surface area (Å²) in [6.07, 6.45) is 4.85. The number of ether oxygens (including phenoxy) is 1. The molecule has 0 spiro atoms. The molecule has 0 bridgehead atoms. The van der Waals surface area contributed by atoms with Gasteiger partial charge in [0.2, 0.25) is 11.8 Å². The van der Waals surface area contributed by atoms with Crippen molar-refractivity contribution in [1.29, 1.82) is 0 Å². The number of unbranched alkanes of at least 4 members (excludes halogenated alkanes) is 1. The van der Waals surface area contributed by atoms with Gasteiger partial charge >= 0.3 is 0 Å². The Bertz CT molecular complexity index is 732. The van der Waals surface area contributed by atoms with Crippen LogP contribution in [0.5, 0.6) is 0 Å². The van der Waals surface area contributed by atoms with E-state index >= 15 is 0 Å². The highest BCUT2D eigenvalue weighted by Gasteiger charge is 2.04. The smallest absolute Gasteiger partial charge is 0.250 e. The minimum absolute atomic E-state index is 0.0258. The summed E-state index contributed by atoms with van der Waals surface area (Å²) in [6, 6.07) is 17.8. The van der Waals surface area contributed by atoms with Crippen molar-refractivity contribution < 1.29 is 14.3 Å². The highest BCUT2D eigenvalue weighted by atomic mass is 16.5. The fraction of sp³-hybridized carbons (Fsp3) is 0.391. The summed E-state index contributed by atoms with van der Waals surface area (Å²) in [7, 11) is 0. The van der Waals surface area contributed by atoms with E-state index in [1.54, 1.807) is 6.92 Å². The molecule has 5 nitrogen and oxygen atoms in total. The van der Waals surface area contributed by atoms with Crippen LogP contribution in [0.3, 0.4) is 0 Å². The third-order valence-corrected chi connectivity index (χ3v) is 4.39. The van der Waals surface area contributed by atoms with Crippen LogP contribution in [-0.2, 0) is 27.2 Å². The van der Waals surface area contributed by atoms with Crippen LogP contribution in [0, 0.1) is 0 Å². The van der Waals surface area contributed by atoms with Gasteiger partial charge in [-0.25, -0.2) is 0 Å². The molecule has 0 radical (unpaired) electrons. The van der Waals surface area contributed by atoms with Crippen LogP contribution in [0.25, 0.3) is 0 Å². The second-order valence-corrected chi connectivity index (χ2v) is 6.78. The summed E-state index contributed by atoms with van der Waals surface area (Å²) < 4.78 is 5.51. The van der Waals surface area contributed by atoms with Gasteiger partial charge in [-0.1, -0.05) is 42.5 Å². The number of rotatable bonds is 12. The molecule has 0 aliphatic rings. The van der Waals surface area contributed by atoms with Crippen molar-refractivity contribution in [2.24, 2.45) is 0 Å². The maximum Gasteiger partial charge on any atom is 0.250 e. The van der Waals surface area contributed by atoms with Crippen LogP contribution in [0.15, 0.2) is 54.6 Å². The lowest BCUT2D eigenvalue weighted by atomic mass is 9.98. The van der Waals surface area contributed by atoms with Gasteiger partial charge in [-0.2, -0.15) is 0 Å². The highest BCUT2D eigenvalue weighted by molar-refractivity contribution is 5.91. The largest absolute Gasteiger partial charge is 0.372 e. The van der Waals surface area contributed by atoms with Crippen molar-refractivity contribution in [1.82, 2.24) is 5.32 Å². The predicted molar refractivity (Wildman–Crippen MR) is 112 cm³/mol. The first-order valence-corrected chi connectivity index (χ1v) is 9.89. The maximum absolute atomic E-state index is 11.9. The Hall–Kier alpha value is -2.66. The van der Waals surface area contributed by atoms with Crippen LogP contribution in [-0.4, -0.2) is 31.6 Å². The quantitative estimate of drug-likeness (QED) is 0.550. The number of anilines is 1. The van der Waals surface area contributed by atoms with Gasteiger partial charge in [-0.3, -0.25) is 9.59 Å². The van der Waals surface area contributed by atoms with Gasteiger partial charge in [-0.05, 0) is 55.4 Å². The molecular formula is C23H30N2O3. The summed E-state index contributed by atoms with van der Waals surface area (Å²) >= 11 is 0. The standard InChI is InChI=1S/C23H30N2O3/c1-19(26)24-16-8-7-12-20-10-5-6-11-21(20)13-9-17-28-18-23(27)25-22-14-3-2-4-15-22/h2-6,10-11,14-15H,7-9,12-13,16-18H2,1H3,(H,24,26)(H,25,27). The van der Waals surface area contributed by atoms with Gasteiger partial charge in [0.25, 0.3) is 0 Å². The van der Waals surface area contributed by atoms with Gasteiger partial charge in [0.1, 0.15) is 6.61 Å². The van der Waals surface area contributed by atoms with Crippen LogP contribution < -0.4 is 10.6 Å². The van der Waals surface area contributed by atoms with E-state index in [4.69, 9.17) is 4.74 Å². The zero-order valence-electron chi connectivity index (χ0n) is 16.6. The number of amides is 2. The fourth-order valence-electron chi connectivity index (χ4n) is 3.00. The molecule has 28 heavy (non-hydrogen) atoms. The Morgan fingerprint density at radius 1 is 0.857 bits per heavy atom. The number of para-hydroxylation sites is 1. The summed E-state index contributed by atoms with van der Waals surface area (Å²) in [6.45, 7) is 2.90. The van der Waals surface area contributed by atoms with Crippen LogP contribution in [0.4, 0.5) is 5.69 Å². The molecule has 2 amide bonds. The molecular weight excluding hydrogens is 352 g/mol. The van der Waals surface area contributed by atoms with Crippen molar-refractivity contribution in [3.05, 3.63) is 65.7 Å². The average Bonchev–Trinajstić information content (AvgIpc) is 2.69. The topological polar surface area (TPSA) is 67.4 Å². The van der Waals surface area contributed by atoms with Crippen LogP contribution in [0.1, 0.15) is 37.3 Å². The molecule has 0 atom stereocenters. The minimum atomic E-state index is -0.134. The zero-order valence-corrected chi connectivity index (χ0v) is 16.6. The van der Waals surface area contributed by atoms with E-state index in [2.05, 4.69) is 34.9 Å². The third-order valence-electron chi connectivity index (χ3n) is 4.39. The number of benzene rings is 2. The molecule has 0 aliphatic carbocycles. The van der Waals surface area contributed by atoms with Crippen molar-refractivity contribution in [2.75, 3.05) is 25.1 Å². The number of carbonyl (C=O) groups excluding carboxylic acids is 2. The maximum atomic E-state index is 11.9. The fourth-order valence-corrected chi connectivity index (χ4v) is 3.00. The molecule has 0 aromatic heterocycles. The number of carbonyl (C=O) groups is 2. The van der Waals surface area contributed by atoms with Crippen molar-refractivity contribution in [2.45, 2.75) is 39.0 Å². The Kier molecular flexibility index (Phi) is 9.80. The van der Waals surface area contributed by atoms with E-state index in [0.29, 0.717) is 6.61 Å². The Labute approximate surface area is 167 Å². The summed E-state index contributed by atoms with van der Waals surface area (Å²) in [5.41, 5.74) is 3.47. The van der Waals surface area contributed by atoms with Crippen LogP contribution in [0.2, 0.25) is 0 Å². The second kappa shape index (κ2) is 12.7. The first-order chi connectivity index (χ1) is 13.6. The lowest BCUT2D eigenvalue weighted by Crippen LogP contribution is -2.20. The molecule has 0 fully saturated rings. The SMILES string of the molecule is CC(=O)NCCCCc1ccccc1CCCOCC(=O)Nc1ccccc1. The molecule has 5 heteroatoms. The van der Waals surface area contributed by atoms with E-state index in [-0.39, 0.29) is 18.4 Å². The molecule has 0 unspecified atom stereocenters. The van der Waals surface area contributed by atoms with E-state index in [0.717, 1.165) is 44.3 Å². The van der Waals surface area contributed by atoms with E-state index in [1.165, 1.54) is 11.1 Å². The highest BCUT2D eigenvalue weighted by Crippen LogP contribution is 2.14. The Morgan fingerprint density at radius 2 is 1.50 bits per heavy atom. The van der Waals surface area contributed by atoms with Gasteiger partial charge in [0.05, 0.1) is 0 Å². The number of hydrogen-bond donors (Lipinski definition) is 2. The Morgan fingerprint density at radius 3 is 2.18 bits per heavy atom. The summed E-state index contributed by atoms with van der Waals surface area (Å²) in [5.74, 6) is -0.108. The monoisotopic (exact) mass is 382 g/mol. The molecule has 0 heterocycles. The first-order valence-electron chi connectivity index (χ1n) is 9.89. The van der Waals surface area contributed by atoms with Crippen LogP contribution >= 0.6 is 0 Å². The van der Waals surface area contributed by atoms with Crippen molar-refractivity contribution in [3.63, 3.8) is 0 Å². The summed E-state index contributed by atoms with van der Waals surface area (Å²) in [4.78, 5) is 22.7. The van der Waals surface area contributed by atoms with E-state index in [9.17, 15) is 9.59 Å². The van der Waals surface area contributed by atoms with Crippen molar-refractivity contribution >= 4 is 17.5 Å². The molecule has 2 rings (SSSR count). The molecule has 0 saturated carbocycles. The zero-order chi connectivity index (χ0) is 20.0. The van der Waals surface area contributed by atoms with Gasteiger partial charge < -0.3 is 15.4 Å². The predicted octanol–water partition coefficient (Wildman–Crippen LogP) is 3.73. The second-order valence-electron chi connectivity index (χ2n) is 6.78. The molecule has 2 aromatic rings. The van der Waals surface area contributed by atoms with Crippen molar-refractivity contribution in [3.8, 4) is 0 Å². The number of hydrogen-bond acceptors (Lipinski definition) is 3. The Balaban J connectivity index is 1.63. The number of nitrogens with one attached hydrogen (secondary N) is 2. The van der Waals surface area contributed by atoms with E-state index in [1.807, 2.05) is 30.3 Å². The average molecular weight is 383 g/mol. The first kappa shape index (κ1) is 21.6.